The molecule has 1 atom stereocenters. The van der Waals surface area contributed by atoms with E-state index in [4.69, 9.17) is 21.1 Å². The molecule has 3 rings (SSSR count). The van der Waals surface area contributed by atoms with Gasteiger partial charge in [-0.2, -0.15) is 5.10 Å². The maximum Gasteiger partial charge on any atom is 0.407 e. The maximum atomic E-state index is 12.2. The van der Waals surface area contributed by atoms with E-state index in [9.17, 15) is 14.4 Å². The number of hydrogen-bond donors (Lipinski definition) is 2. The molecule has 10 heteroatoms. The van der Waals surface area contributed by atoms with Gasteiger partial charge in [0.1, 0.15) is 11.1 Å². The zero-order valence-corrected chi connectivity index (χ0v) is 15.8. The summed E-state index contributed by atoms with van der Waals surface area (Å²) in [5.41, 5.74) is 0.0897. The highest BCUT2D eigenvalue weighted by molar-refractivity contribution is 6.33. The van der Waals surface area contributed by atoms with Crippen LogP contribution in [0.3, 0.4) is 0 Å². The summed E-state index contributed by atoms with van der Waals surface area (Å²) in [6.07, 6.45) is 4.23. The van der Waals surface area contributed by atoms with Crippen molar-refractivity contribution in [2.24, 2.45) is 5.92 Å². The Kier molecular flexibility index (Phi) is 6.20. The smallest absolute Gasteiger partial charge is 0.407 e. The molecule has 1 amide bonds. The van der Waals surface area contributed by atoms with Crippen molar-refractivity contribution in [2.45, 2.75) is 44.2 Å². The van der Waals surface area contributed by atoms with Gasteiger partial charge in [0, 0.05) is 19.0 Å². The number of alkyl carbamates (subject to hydrolysis) is 1. The van der Waals surface area contributed by atoms with E-state index in [1.807, 2.05) is 4.90 Å². The Morgan fingerprint density at radius 3 is 2.74 bits per heavy atom. The van der Waals surface area contributed by atoms with Crippen molar-refractivity contribution in [3.63, 3.8) is 0 Å². The number of ether oxygens (including phenoxy) is 2. The first kappa shape index (κ1) is 19.5. The third-order valence-corrected chi connectivity index (χ3v) is 5.49. The number of nitrogens with one attached hydrogen (secondary N) is 2. The molecule has 1 aromatic heterocycles. The third kappa shape index (κ3) is 4.71. The van der Waals surface area contributed by atoms with E-state index >= 15 is 0 Å². The molecule has 0 radical (unpaired) electrons. The predicted octanol–water partition coefficient (Wildman–Crippen LogP) is 1.46. The molecule has 0 unspecified atom stereocenters. The summed E-state index contributed by atoms with van der Waals surface area (Å²) in [6.45, 7) is 1.07. The number of carbonyl (C=O) groups is 2. The van der Waals surface area contributed by atoms with Crippen LogP contribution in [0.5, 0.6) is 0 Å². The summed E-state index contributed by atoms with van der Waals surface area (Å²) in [6, 6.07) is 0.00207. The fourth-order valence-corrected chi connectivity index (χ4v) is 3.84. The Morgan fingerprint density at radius 2 is 2.04 bits per heavy atom. The van der Waals surface area contributed by atoms with Crippen LogP contribution in [-0.4, -0.2) is 54.6 Å². The molecule has 2 N–H and O–H groups in total. The summed E-state index contributed by atoms with van der Waals surface area (Å²) < 4.78 is 10.3. The van der Waals surface area contributed by atoms with Gasteiger partial charge in [-0.05, 0) is 25.7 Å². The second-order valence-electron chi connectivity index (χ2n) is 6.88. The van der Waals surface area contributed by atoms with Gasteiger partial charge in [-0.25, -0.2) is 9.89 Å². The van der Waals surface area contributed by atoms with Crippen LogP contribution in [0.1, 0.15) is 32.1 Å². The molecule has 9 nitrogen and oxygen atoms in total. The summed E-state index contributed by atoms with van der Waals surface area (Å²) >= 11 is 6.02. The minimum atomic E-state index is -0.460. The minimum Gasteiger partial charge on any atom is -0.469 e. The van der Waals surface area contributed by atoms with E-state index in [-0.39, 0.29) is 29.1 Å². The highest BCUT2D eigenvalue weighted by Crippen LogP contribution is 2.27. The fourth-order valence-electron chi connectivity index (χ4n) is 3.63. The molecule has 0 aromatic carbocycles. The summed E-state index contributed by atoms with van der Waals surface area (Å²) in [5.74, 6) is -0.269. The van der Waals surface area contributed by atoms with Crippen molar-refractivity contribution < 1.29 is 19.1 Å². The highest BCUT2D eigenvalue weighted by Gasteiger charge is 2.30. The topological polar surface area (TPSA) is 114 Å². The second kappa shape index (κ2) is 8.60. The van der Waals surface area contributed by atoms with Gasteiger partial charge in [-0.3, -0.25) is 9.59 Å². The molecule has 1 saturated heterocycles. The standard InChI is InChI=1S/C17H23ClN4O5/c1-26-16(24)10-2-4-11(5-3-10)20-17(25)27-12-6-7-22(9-12)13-8-19-21-15(23)14(13)18/h8,10-12H,2-7,9H2,1H3,(H,20,25)(H,21,23)/t10-,11+,12-/m1/s1. The summed E-state index contributed by atoms with van der Waals surface area (Å²) in [7, 11) is 1.39. The van der Waals surface area contributed by atoms with E-state index < -0.39 is 11.7 Å². The number of nitrogens with zero attached hydrogens (tertiary/aromatic N) is 2. The molecule has 1 aromatic rings. The number of aromatic amines is 1. The van der Waals surface area contributed by atoms with Gasteiger partial charge < -0.3 is 19.7 Å². The van der Waals surface area contributed by atoms with E-state index in [0.717, 1.165) is 12.8 Å². The molecule has 2 heterocycles. The largest absolute Gasteiger partial charge is 0.469 e. The molecule has 1 aliphatic heterocycles. The number of esters is 1. The highest BCUT2D eigenvalue weighted by atomic mass is 35.5. The molecule has 0 spiro atoms. The van der Waals surface area contributed by atoms with Crippen LogP contribution in [0.4, 0.5) is 10.5 Å². The van der Waals surface area contributed by atoms with E-state index in [0.29, 0.717) is 38.0 Å². The van der Waals surface area contributed by atoms with Gasteiger partial charge >= 0.3 is 12.1 Å². The normalized spacial score (nSPS) is 25.1. The molecule has 0 bridgehead atoms. The van der Waals surface area contributed by atoms with Crippen LogP contribution in [0.15, 0.2) is 11.0 Å². The van der Waals surface area contributed by atoms with Crippen LogP contribution in [0.2, 0.25) is 5.02 Å². The summed E-state index contributed by atoms with van der Waals surface area (Å²) in [5, 5.41) is 8.99. The number of carbonyl (C=O) groups excluding carboxylic acids is 2. The lowest BCUT2D eigenvalue weighted by atomic mass is 9.86. The molecular weight excluding hydrogens is 376 g/mol. The van der Waals surface area contributed by atoms with Gasteiger partial charge in [0.2, 0.25) is 0 Å². The number of anilines is 1. The lowest BCUT2D eigenvalue weighted by molar-refractivity contribution is -0.146. The lowest BCUT2D eigenvalue weighted by Gasteiger charge is -2.27. The maximum absolute atomic E-state index is 12.2. The van der Waals surface area contributed by atoms with Crippen molar-refractivity contribution in [3.8, 4) is 0 Å². The van der Waals surface area contributed by atoms with Gasteiger partial charge in [-0.15, -0.1) is 0 Å². The third-order valence-electron chi connectivity index (χ3n) is 5.12. The number of aromatic nitrogens is 2. The van der Waals surface area contributed by atoms with Crippen LogP contribution in [-0.2, 0) is 14.3 Å². The van der Waals surface area contributed by atoms with Crippen molar-refractivity contribution in [2.75, 3.05) is 25.1 Å². The van der Waals surface area contributed by atoms with Crippen molar-refractivity contribution in [1.82, 2.24) is 15.5 Å². The second-order valence-corrected chi connectivity index (χ2v) is 7.25. The minimum absolute atomic E-state index is 0.00207. The van der Waals surface area contributed by atoms with Crippen molar-refractivity contribution in [1.29, 1.82) is 0 Å². The molecule has 1 aliphatic carbocycles. The molecule has 27 heavy (non-hydrogen) atoms. The van der Waals surface area contributed by atoms with Gasteiger partial charge in [0.15, 0.2) is 0 Å². The average molecular weight is 399 g/mol. The van der Waals surface area contributed by atoms with Gasteiger partial charge in [0.05, 0.1) is 31.5 Å². The quantitative estimate of drug-likeness (QED) is 0.738. The Hall–Kier alpha value is -2.29. The first-order valence-electron chi connectivity index (χ1n) is 9.01. The number of amides is 1. The average Bonchev–Trinajstić information content (AvgIpc) is 3.12. The molecule has 2 fully saturated rings. The monoisotopic (exact) mass is 398 g/mol. The van der Waals surface area contributed by atoms with Crippen LogP contribution >= 0.6 is 11.6 Å². The van der Waals surface area contributed by atoms with E-state index in [2.05, 4.69) is 15.5 Å². The molecule has 2 aliphatic rings. The fraction of sp³-hybridized carbons (Fsp3) is 0.647. The van der Waals surface area contributed by atoms with Gasteiger partial charge in [0.25, 0.3) is 5.56 Å². The van der Waals surface area contributed by atoms with Gasteiger partial charge in [-0.1, -0.05) is 11.6 Å². The number of halogens is 1. The van der Waals surface area contributed by atoms with E-state index in [1.54, 1.807) is 0 Å². The van der Waals surface area contributed by atoms with Crippen molar-refractivity contribution in [3.05, 3.63) is 21.6 Å². The number of methoxy groups -OCH3 is 1. The Morgan fingerprint density at radius 1 is 1.30 bits per heavy atom. The zero-order chi connectivity index (χ0) is 19.4. The molecule has 1 saturated carbocycles. The SMILES string of the molecule is COC(=O)[C@H]1CC[C@@H](NC(=O)O[C@@H]2CCN(c3cn[nH]c(=O)c3Cl)C2)CC1. The number of H-pyrrole nitrogens is 1. The molecule has 148 valence electrons. The Labute approximate surface area is 161 Å². The first-order chi connectivity index (χ1) is 13.0. The zero-order valence-electron chi connectivity index (χ0n) is 15.1. The summed E-state index contributed by atoms with van der Waals surface area (Å²) in [4.78, 5) is 37.2. The first-order valence-corrected chi connectivity index (χ1v) is 9.38. The molecular formula is C17H23ClN4O5. The van der Waals surface area contributed by atoms with E-state index in [1.165, 1.54) is 13.3 Å². The predicted molar refractivity (Wildman–Crippen MR) is 97.9 cm³/mol. The van der Waals surface area contributed by atoms with Crippen LogP contribution < -0.4 is 15.8 Å². The Balaban J connectivity index is 1.45. The number of hydrogen-bond acceptors (Lipinski definition) is 7. The Bertz CT molecular complexity index is 747. The number of rotatable bonds is 4. The van der Waals surface area contributed by atoms with Crippen LogP contribution in [0.25, 0.3) is 0 Å². The van der Waals surface area contributed by atoms with Crippen LogP contribution in [0, 0.1) is 5.92 Å². The van der Waals surface area contributed by atoms with Crippen molar-refractivity contribution >= 4 is 29.4 Å². The lowest BCUT2D eigenvalue weighted by Crippen LogP contribution is -2.40.